The number of hydrogen-bond acceptors (Lipinski definition) is 16. The Morgan fingerprint density at radius 2 is 1.59 bits per heavy atom. The van der Waals surface area contributed by atoms with Gasteiger partial charge in [0.1, 0.15) is 30.5 Å². The Kier molecular flexibility index (Phi) is 18.0. The molecule has 0 saturated carbocycles. The first kappa shape index (κ1) is 51.2. The van der Waals surface area contributed by atoms with Gasteiger partial charge in [0.2, 0.25) is 0 Å². The molecule has 0 spiro atoms. The minimum atomic E-state index is -1.84. The SMILES string of the molecule is CC[C@H]1OC(=O)[C@H](C)[C@@H](OC2C[C@@](C)(OC)[C@@H](O)[C@H](C)O2)[C@H](C)[C@@H](OC2O[C@H](C)C[C@H](N(C)C)[C@H]2OC(=O)OCc2ccccc2)[C@@](C)(O)C[C@@H](C)CN[C@H](C)[C@@H](O)[C@]1(C)O. The molecule has 18 atom stereocenters. The fourth-order valence-electron chi connectivity index (χ4n) is 9.33. The second-order valence-electron chi connectivity index (χ2n) is 18.8. The Morgan fingerprint density at radius 1 is 0.934 bits per heavy atom. The third kappa shape index (κ3) is 12.6. The number of cyclic esters (lactones) is 1. The maximum atomic E-state index is 14.4. The lowest BCUT2D eigenvalue weighted by molar-refractivity contribution is -0.318. The van der Waals surface area contributed by atoms with E-state index >= 15 is 0 Å². The van der Waals surface area contributed by atoms with Gasteiger partial charge < -0.3 is 68.5 Å². The summed E-state index contributed by atoms with van der Waals surface area (Å²) < 4.78 is 49.8. The van der Waals surface area contributed by atoms with E-state index in [1.165, 1.54) is 14.0 Å². The molecule has 4 rings (SSSR count). The van der Waals surface area contributed by atoms with Crippen molar-refractivity contribution in [3.05, 3.63) is 35.9 Å². The lowest BCUT2D eigenvalue weighted by atomic mass is 9.77. The van der Waals surface area contributed by atoms with Gasteiger partial charge in [-0.1, -0.05) is 51.1 Å². The number of nitrogens with one attached hydrogen (secondary N) is 1. The van der Waals surface area contributed by atoms with Gasteiger partial charge in [0, 0.05) is 25.5 Å². The van der Waals surface area contributed by atoms with E-state index in [2.05, 4.69) is 5.32 Å². The van der Waals surface area contributed by atoms with E-state index in [9.17, 15) is 30.0 Å². The number of methoxy groups -OCH3 is 1. The van der Waals surface area contributed by atoms with Crippen molar-refractivity contribution in [1.29, 1.82) is 0 Å². The van der Waals surface area contributed by atoms with E-state index in [1.807, 2.05) is 63.2 Å². The molecule has 0 aliphatic carbocycles. The quantitative estimate of drug-likeness (QED) is 0.212. The molecular weight excluding hydrogens is 792 g/mol. The summed E-state index contributed by atoms with van der Waals surface area (Å²) in [4.78, 5) is 29.7. The molecule has 3 saturated heterocycles. The number of carbonyl (C=O) groups is 2. The Morgan fingerprint density at radius 3 is 2.20 bits per heavy atom. The molecule has 3 aliphatic rings. The highest BCUT2D eigenvalue weighted by molar-refractivity contribution is 5.73. The Bertz CT molecular complexity index is 1530. The number of aliphatic hydroxyl groups is 4. The zero-order valence-corrected chi connectivity index (χ0v) is 38.6. The van der Waals surface area contributed by atoms with Crippen molar-refractivity contribution >= 4 is 12.1 Å². The number of esters is 1. The number of rotatable bonds is 10. The van der Waals surface area contributed by atoms with Crippen LogP contribution < -0.4 is 5.32 Å². The highest BCUT2D eigenvalue weighted by atomic mass is 16.8. The third-order valence-electron chi connectivity index (χ3n) is 13.1. The van der Waals surface area contributed by atoms with Gasteiger partial charge >= 0.3 is 12.1 Å². The number of likely N-dealkylation sites (N-methyl/N-ethyl adjacent to an activating group) is 1. The third-order valence-corrected chi connectivity index (χ3v) is 13.1. The molecule has 0 amide bonds. The van der Waals surface area contributed by atoms with E-state index in [1.54, 1.807) is 48.5 Å². The zero-order valence-electron chi connectivity index (χ0n) is 38.6. The summed E-state index contributed by atoms with van der Waals surface area (Å²) >= 11 is 0. The molecule has 1 aromatic rings. The minimum absolute atomic E-state index is 0.0138. The van der Waals surface area contributed by atoms with Crippen LogP contribution in [-0.2, 0) is 49.3 Å². The van der Waals surface area contributed by atoms with Crippen molar-refractivity contribution < 1.29 is 67.9 Å². The predicted octanol–water partition coefficient (Wildman–Crippen LogP) is 3.92. The van der Waals surface area contributed by atoms with Crippen molar-refractivity contribution in [2.24, 2.45) is 17.8 Å². The molecule has 5 N–H and O–H groups in total. The van der Waals surface area contributed by atoms with Gasteiger partial charge in [-0.2, -0.15) is 0 Å². The number of benzene rings is 1. The molecule has 350 valence electrons. The van der Waals surface area contributed by atoms with Crippen LogP contribution in [0.5, 0.6) is 0 Å². The molecule has 3 heterocycles. The lowest BCUT2D eigenvalue weighted by Crippen LogP contribution is -2.61. The molecule has 0 bridgehead atoms. The highest BCUT2D eigenvalue weighted by Gasteiger charge is 2.53. The average Bonchev–Trinajstić information content (AvgIpc) is 3.20. The van der Waals surface area contributed by atoms with Crippen LogP contribution in [0.1, 0.15) is 100 Å². The summed E-state index contributed by atoms with van der Waals surface area (Å²) in [5.41, 5.74) is -3.78. The Balaban J connectivity index is 1.81. The normalized spacial score (nSPS) is 43.4. The van der Waals surface area contributed by atoms with Crippen molar-refractivity contribution in [3.63, 3.8) is 0 Å². The molecule has 2 unspecified atom stereocenters. The van der Waals surface area contributed by atoms with Gasteiger partial charge in [0.15, 0.2) is 18.7 Å². The van der Waals surface area contributed by atoms with Gasteiger partial charge in [-0.3, -0.25) is 4.79 Å². The largest absolute Gasteiger partial charge is 0.509 e. The first-order chi connectivity index (χ1) is 28.4. The van der Waals surface area contributed by atoms with Crippen molar-refractivity contribution in [1.82, 2.24) is 10.2 Å². The second kappa shape index (κ2) is 21.5. The number of nitrogens with zero attached hydrogens (tertiary/aromatic N) is 1. The van der Waals surface area contributed by atoms with Gasteiger partial charge in [0.05, 0.1) is 47.6 Å². The summed E-state index contributed by atoms with van der Waals surface area (Å²) in [6, 6.07) is 8.22. The maximum Gasteiger partial charge on any atom is 0.509 e. The number of aliphatic hydroxyl groups excluding tert-OH is 2. The highest BCUT2D eigenvalue weighted by Crippen LogP contribution is 2.40. The summed E-state index contributed by atoms with van der Waals surface area (Å²) in [5.74, 6) is -2.86. The monoisotopic (exact) mass is 869 g/mol. The van der Waals surface area contributed by atoms with Crippen molar-refractivity contribution in [3.8, 4) is 0 Å². The van der Waals surface area contributed by atoms with E-state index in [0.29, 0.717) is 13.0 Å². The molecule has 3 aliphatic heterocycles. The molecule has 16 heteroatoms. The van der Waals surface area contributed by atoms with Crippen LogP contribution in [0.15, 0.2) is 30.3 Å². The maximum absolute atomic E-state index is 14.4. The smallest absolute Gasteiger partial charge is 0.459 e. The van der Waals surface area contributed by atoms with Crippen molar-refractivity contribution in [2.75, 3.05) is 27.7 Å². The Labute approximate surface area is 362 Å². The zero-order chi connectivity index (χ0) is 45.6. The van der Waals surface area contributed by atoms with E-state index in [4.69, 9.17) is 37.9 Å². The molecule has 1 aromatic carbocycles. The molecule has 0 radical (unpaired) electrons. The standard InChI is InChI=1S/C45H76N2O14/c1-14-33-45(10,53)37(48)29(6)46-23-25(2)21-43(8,52)39(27(4)35(28(5)40(50)58-33)59-34-22-44(9,54-13)38(49)30(7)57-34)61-41-36(32(47(11)12)20-26(3)56-41)60-42(51)55-24-31-18-16-15-17-19-31/h15-19,25-30,32-39,41,46,48-49,52-53H,14,20-24H2,1-13H3/t25-,26-,27+,28-,29-,30+,32+,33-,34?,35+,36-,37-,38+,39-,41?,43+,44-,45-/m1/s1. The fraction of sp³-hybridized carbons (Fsp3) is 0.822. The van der Waals surface area contributed by atoms with Crippen LogP contribution in [-0.4, -0.2) is 155 Å². The van der Waals surface area contributed by atoms with Crippen LogP contribution in [0.3, 0.4) is 0 Å². The van der Waals surface area contributed by atoms with Gasteiger partial charge in [0.25, 0.3) is 0 Å². The van der Waals surface area contributed by atoms with Gasteiger partial charge in [-0.05, 0) is 99.9 Å². The van der Waals surface area contributed by atoms with Crippen LogP contribution in [0.4, 0.5) is 4.79 Å². The average molecular weight is 869 g/mol. The first-order valence-corrected chi connectivity index (χ1v) is 21.9. The van der Waals surface area contributed by atoms with Crippen LogP contribution in [0, 0.1) is 17.8 Å². The second-order valence-corrected chi connectivity index (χ2v) is 18.8. The van der Waals surface area contributed by atoms with Crippen LogP contribution in [0.25, 0.3) is 0 Å². The topological polar surface area (TPSA) is 204 Å². The fourth-order valence-corrected chi connectivity index (χ4v) is 9.33. The van der Waals surface area contributed by atoms with E-state index < -0.39 is 102 Å². The molecule has 61 heavy (non-hydrogen) atoms. The summed E-state index contributed by atoms with van der Waals surface area (Å²) in [5, 5.41) is 50.2. The van der Waals surface area contributed by atoms with E-state index in [0.717, 1.165) is 5.56 Å². The van der Waals surface area contributed by atoms with Gasteiger partial charge in [-0.25, -0.2) is 4.79 Å². The summed E-state index contributed by atoms with van der Waals surface area (Å²) in [6.45, 7) is 17.6. The molecule has 0 aromatic heterocycles. The number of hydrogen-bond donors (Lipinski definition) is 5. The first-order valence-electron chi connectivity index (χ1n) is 21.9. The Hall–Kier alpha value is -2.48. The molecule has 16 nitrogen and oxygen atoms in total. The predicted molar refractivity (Wildman–Crippen MR) is 225 cm³/mol. The van der Waals surface area contributed by atoms with E-state index in [-0.39, 0.29) is 43.9 Å². The van der Waals surface area contributed by atoms with Crippen molar-refractivity contribution in [2.45, 2.75) is 192 Å². The van der Waals surface area contributed by atoms with Gasteiger partial charge in [-0.15, -0.1) is 0 Å². The summed E-state index contributed by atoms with van der Waals surface area (Å²) in [7, 11) is 5.24. The molecular formula is C45H76N2O14. The summed E-state index contributed by atoms with van der Waals surface area (Å²) in [6.07, 6.45) is -9.94. The van der Waals surface area contributed by atoms with Crippen LogP contribution in [0.2, 0.25) is 0 Å². The number of ether oxygens (including phenoxy) is 8. The lowest BCUT2D eigenvalue weighted by Gasteiger charge is -2.49. The molecule has 3 fully saturated rings. The number of carbonyl (C=O) groups excluding carboxylic acids is 2. The minimum Gasteiger partial charge on any atom is -0.459 e. The van der Waals surface area contributed by atoms with Crippen LogP contribution >= 0.6 is 0 Å².